The van der Waals surface area contributed by atoms with Crippen LogP contribution < -0.4 is 14.9 Å². The molecule has 0 saturated carbocycles. The van der Waals surface area contributed by atoms with E-state index in [0.717, 1.165) is 17.1 Å². The average molecular weight is 562 g/mol. The summed E-state index contributed by atoms with van der Waals surface area (Å²) in [6, 6.07) is 18.5. The Morgan fingerprint density at radius 1 is 0.973 bits per heavy atom. The van der Waals surface area contributed by atoms with Crippen LogP contribution in [0.15, 0.2) is 77.7 Å². The Labute approximate surface area is 225 Å². The van der Waals surface area contributed by atoms with Crippen LogP contribution in [0.1, 0.15) is 23.2 Å². The van der Waals surface area contributed by atoms with Crippen molar-refractivity contribution < 1.29 is 22.7 Å². The third kappa shape index (κ3) is 6.81. The number of ether oxygens (including phenoxy) is 1. The van der Waals surface area contributed by atoms with Gasteiger partial charge in [-0.1, -0.05) is 53.5 Å². The molecule has 0 radical (unpaired) electrons. The van der Waals surface area contributed by atoms with Crippen LogP contribution >= 0.6 is 23.2 Å². The van der Waals surface area contributed by atoms with Gasteiger partial charge in [0.15, 0.2) is 0 Å². The van der Waals surface area contributed by atoms with Gasteiger partial charge in [-0.2, -0.15) is 0 Å². The highest BCUT2D eigenvalue weighted by Crippen LogP contribution is 2.30. The Morgan fingerprint density at radius 3 is 2.32 bits per heavy atom. The largest absolute Gasteiger partial charge is 0.376 e. The van der Waals surface area contributed by atoms with Crippen LogP contribution in [0.2, 0.25) is 10.0 Å². The number of nitrogens with one attached hydrogen (secondary N) is 2. The number of para-hydroxylation sites is 1. The minimum Gasteiger partial charge on any atom is -0.376 e. The summed E-state index contributed by atoms with van der Waals surface area (Å²) in [5.74, 6) is -1.03. The van der Waals surface area contributed by atoms with Crippen LogP contribution in [0.5, 0.6) is 0 Å². The molecule has 1 atom stereocenters. The van der Waals surface area contributed by atoms with E-state index in [2.05, 4.69) is 10.6 Å². The number of halogens is 2. The molecule has 1 aliphatic heterocycles. The molecule has 0 bridgehead atoms. The average Bonchev–Trinajstić information content (AvgIpc) is 3.40. The van der Waals surface area contributed by atoms with Gasteiger partial charge in [-0.25, -0.2) is 8.42 Å². The number of carbonyl (C=O) groups excluding carboxylic acids is 2. The van der Waals surface area contributed by atoms with Gasteiger partial charge >= 0.3 is 0 Å². The number of amides is 2. The lowest BCUT2D eigenvalue weighted by molar-refractivity contribution is -0.114. The van der Waals surface area contributed by atoms with Crippen molar-refractivity contribution in [3.05, 3.63) is 88.4 Å². The van der Waals surface area contributed by atoms with Gasteiger partial charge in [0.05, 0.1) is 27.9 Å². The maximum absolute atomic E-state index is 13.5. The monoisotopic (exact) mass is 561 g/mol. The van der Waals surface area contributed by atoms with Gasteiger partial charge in [0.1, 0.15) is 6.54 Å². The molecule has 0 spiro atoms. The second-order valence-electron chi connectivity index (χ2n) is 8.39. The molecule has 1 fully saturated rings. The number of nitrogens with zero attached hydrogens (tertiary/aromatic N) is 1. The Balaban J connectivity index is 1.57. The first kappa shape index (κ1) is 26.9. The molecule has 2 N–H and O–H groups in total. The van der Waals surface area contributed by atoms with Crippen LogP contribution in [0.4, 0.5) is 11.4 Å². The number of anilines is 2. The second kappa shape index (κ2) is 12.0. The van der Waals surface area contributed by atoms with Gasteiger partial charge in [0, 0.05) is 23.2 Å². The van der Waals surface area contributed by atoms with Gasteiger partial charge in [0.25, 0.3) is 15.9 Å². The van der Waals surface area contributed by atoms with Gasteiger partial charge in [-0.05, 0) is 55.3 Å². The SMILES string of the molecule is O=C(CN(c1cc(Cl)cc(Cl)c1)S(=O)(=O)c1ccccc1)Nc1ccccc1C(=O)NC[C@@H]1CCCO1. The normalized spacial score (nSPS) is 15.2. The Morgan fingerprint density at radius 2 is 1.65 bits per heavy atom. The van der Waals surface area contributed by atoms with Crippen molar-refractivity contribution in [1.29, 1.82) is 0 Å². The van der Waals surface area contributed by atoms with Gasteiger partial charge in [0.2, 0.25) is 5.91 Å². The number of benzene rings is 3. The number of rotatable bonds is 9. The van der Waals surface area contributed by atoms with Crippen molar-refractivity contribution in [3.8, 4) is 0 Å². The highest BCUT2D eigenvalue weighted by Gasteiger charge is 2.28. The summed E-state index contributed by atoms with van der Waals surface area (Å²) < 4.78 is 33.5. The van der Waals surface area contributed by atoms with E-state index in [9.17, 15) is 18.0 Å². The van der Waals surface area contributed by atoms with E-state index in [4.69, 9.17) is 27.9 Å². The molecule has 4 rings (SSSR count). The summed E-state index contributed by atoms with van der Waals surface area (Å²) in [4.78, 5) is 26.0. The van der Waals surface area contributed by atoms with Crippen molar-refractivity contribution in [1.82, 2.24) is 5.32 Å². The second-order valence-corrected chi connectivity index (χ2v) is 11.1. The summed E-state index contributed by atoms with van der Waals surface area (Å²) in [7, 11) is -4.16. The molecule has 3 aromatic carbocycles. The summed E-state index contributed by atoms with van der Waals surface area (Å²) >= 11 is 12.3. The molecule has 0 unspecified atom stereocenters. The first-order chi connectivity index (χ1) is 17.7. The fourth-order valence-corrected chi connectivity index (χ4v) is 5.88. The van der Waals surface area contributed by atoms with E-state index in [-0.39, 0.29) is 43.9 Å². The van der Waals surface area contributed by atoms with E-state index < -0.39 is 22.5 Å². The zero-order valence-corrected chi connectivity index (χ0v) is 22.0. The first-order valence-electron chi connectivity index (χ1n) is 11.6. The van der Waals surface area contributed by atoms with Crippen LogP contribution in [0, 0.1) is 0 Å². The molecule has 1 heterocycles. The van der Waals surface area contributed by atoms with Crippen LogP contribution in [-0.2, 0) is 19.6 Å². The summed E-state index contributed by atoms with van der Waals surface area (Å²) in [5.41, 5.74) is 0.620. The minimum atomic E-state index is -4.16. The molecule has 8 nitrogen and oxygen atoms in total. The molecule has 37 heavy (non-hydrogen) atoms. The van der Waals surface area contributed by atoms with Crippen molar-refractivity contribution in [2.24, 2.45) is 0 Å². The molecule has 194 valence electrons. The van der Waals surface area contributed by atoms with Crippen molar-refractivity contribution in [2.75, 3.05) is 29.3 Å². The van der Waals surface area contributed by atoms with Crippen LogP contribution in [0.25, 0.3) is 0 Å². The topological polar surface area (TPSA) is 105 Å². The Kier molecular flexibility index (Phi) is 8.71. The zero-order chi connectivity index (χ0) is 26.4. The summed E-state index contributed by atoms with van der Waals surface area (Å²) in [5, 5.41) is 5.92. The van der Waals surface area contributed by atoms with E-state index in [1.165, 1.54) is 30.3 Å². The molecule has 0 aromatic heterocycles. The minimum absolute atomic E-state index is 0.00666. The number of hydrogen-bond donors (Lipinski definition) is 2. The maximum Gasteiger partial charge on any atom is 0.264 e. The lowest BCUT2D eigenvalue weighted by Crippen LogP contribution is -2.38. The predicted molar refractivity (Wildman–Crippen MR) is 144 cm³/mol. The molecule has 0 aliphatic carbocycles. The van der Waals surface area contributed by atoms with Crippen molar-refractivity contribution in [3.63, 3.8) is 0 Å². The molecule has 1 saturated heterocycles. The fraction of sp³-hybridized carbons (Fsp3) is 0.231. The Bertz CT molecular complexity index is 1360. The van der Waals surface area contributed by atoms with Crippen LogP contribution in [0.3, 0.4) is 0 Å². The van der Waals surface area contributed by atoms with E-state index >= 15 is 0 Å². The summed E-state index contributed by atoms with van der Waals surface area (Å²) in [6.45, 7) is 0.451. The highest BCUT2D eigenvalue weighted by molar-refractivity contribution is 7.92. The van der Waals surface area contributed by atoms with Crippen molar-refractivity contribution in [2.45, 2.75) is 23.8 Å². The number of hydrogen-bond acceptors (Lipinski definition) is 5. The van der Waals surface area contributed by atoms with Crippen molar-refractivity contribution >= 4 is 56.4 Å². The number of carbonyl (C=O) groups is 2. The van der Waals surface area contributed by atoms with Gasteiger partial charge in [-0.15, -0.1) is 0 Å². The third-order valence-corrected chi connectivity index (χ3v) is 7.94. The maximum atomic E-state index is 13.5. The third-order valence-electron chi connectivity index (χ3n) is 5.71. The summed E-state index contributed by atoms with van der Waals surface area (Å²) in [6.07, 6.45) is 1.79. The predicted octanol–water partition coefficient (Wildman–Crippen LogP) is 4.74. The molecule has 1 aliphatic rings. The molecule has 11 heteroatoms. The lowest BCUT2D eigenvalue weighted by Gasteiger charge is -2.24. The van der Waals surface area contributed by atoms with E-state index in [1.807, 2.05) is 0 Å². The molecular weight excluding hydrogens is 537 g/mol. The smallest absolute Gasteiger partial charge is 0.264 e. The Hall–Kier alpha value is -3.11. The number of sulfonamides is 1. The van der Waals surface area contributed by atoms with Gasteiger partial charge < -0.3 is 15.4 Å². The van der Waals surface area contributed by atoms with Gasteiger partial charge in [-0.3, -0.25) is 13.9 Å². The zero-order valence-electron chi connectivity index (χ0n) is 19.7. The fourth-order valence-electron chi connectivity index (χ4n) is 3.94. The standard InChI is InChI=1S/C26H25Cl2N3O5S/c27-18-13-19(28)15-20(14-18)31(37(34,35)22-8-2-1-3-9-22)17-25(32)30-24-11-5-4-10-23(24)26(33)29-16-21-7-6-12-36-21/h1-5,8-11,13-15,21H,6-7,12,16-17H2,(H,29,33)(H,30,32)/t21-/m0/s1. The lowest BCUT2D eigenvalue weighted by atomic mass is 10.1. The quantitative estimate of drug-likeness (QED) is 0.392. The molecule has 3 aromatic rings. The molecule has 2 amide bonds. The first-order valence-corrected chi connectivity index (χ1v) is 13.8. The molecular formula is C26H25Cl2N3O5S. The highest BCUT2D eigenvalue weighted by atomic mass is 35.5. The van der Waals surface area contributed by atoms with E-state index in [0.29, 0.717) is 13.2 Å². The van der Waals surface area contributed by atoms with Crippen LogP contribution in [-0.4, -0.2) is 46.0 Å². The van der Waals surface area contributed by atoms with E-state index in [1.54, 1.807) is 42.5 Å².